The molecule has 1 aliphatic heterocycles. The van der Waals surface area contributed by atoms with Crippen LogP contribution in [0, 0.1) is 5.92 Å². The summed E-state index contributed by atoms with van der Waals surface area (Å²) in [7, 11) is 1.60. The van der Waals surface area contributed by atoms with E-state index in [1.54, 1.807) is 13.2 Å². The van der Waals surface area contributed by atoms with Crippen LogP contribution in [-0.2, 0) is 6.42 Å². The molecule has 19 heavy (non-hydrogen) atoms. The Balaban J connectivity index is 2.33. The van der Waals surface area contributed by atoms with Crippen molar-refractivity contribution in [2.75, 3.05) is 7.11 Å². The van der Waals surface area contributed by atoms with E-state index in [-0.39, 0.29) is 11.7 Å². The lowest BCUT2D eigenvalue weighted by Crippen LogP contribution is -2.28. The van der Waals surface area contributed by atoms with Crippen LogP contribution in [0.3, 0.4) is 0 Å². The van der Waals surface area contributed by atoms with E-state index < -0.39 is 0 Å². The largest absolute Gasteiger partial charge is 0.496 e. The van der Waals surface area contributed by atoms with Crippen molar-refractivity contribution >= 4 is 11.0 Å². The van der Waals surface area contributed by atoms with Gasteiger partial charge in [0.05, 0.1) is 18.6 Å². The summed E-state index contributed by atoms with van der Waals surface area (Å²) in [6.07, 6.45) is 0.981. The number of ether oxygens (including phenoxy) is 2. The van der Waals surface area contributed by atoms with Crippen molar-refractivity contribution in [1.82, 2.24) is 0 Å². The normalized spacial score (nSPS) is 21.8. The Labute approximate surface area is 110 Å². The van der Waals surface area contributed by atoms with Gasteiger partial charge in [-0.15, -0.1) is 0 Å². The molecule has 0 saturated carbocycles. The second-order valence-corrected chi connectivity index (χ2v) is 5.06. The third-order valence-electron chi connectivity index (χ3n) is 3.79. The highest BCUT2D eigenvalue weighted by atomic mass is 16.5. The molecular weight excluding hydrogens is 244 g/mol. The Kier molecular flexibility index (Phi) is 2.73. The molecule has 0 radical (unpaired) electrons. The SMILES string of the molecule is COc1cc2c(c3oc(=O)ccc13)C[C@@H](C)[C@@H](C)O2. The molecule has 1 aromatic carbocycles. The van der Waals surface area contributed by atoms with E-state index >= 15 is 0 Å². The number of hydrogen-bond donors (Lipinski definition) is 0. The van der Waals surface area contributed by atoms with Gasteiger partial charge < -0.3 is 13.9 Å². The number of hydrogen-bond acceptors (Lipinski definition) is 4. The standard InChI is InChI=1S/C15H16O4/c1-8-6-11-13(18-9(8)2)7-12(17-3)10-4-5-14(16)19-15(10)11/h4-5,7-9H,6H2,1-3H3/t8-,9-/m1/s1. The van der Waals surface area contributed by atoms with Gasteiger partial charge in [-0.05, 0) is 25.3 Å². The summed E-state index contributed by atoms with van der Waals surface area (Å²) in [6, 6.07) is 5.02. The Bertz CT molecular complexity index is 686. The predicted octanol–water partition coefficient (Wildman–Crippen LogP) is 2.76. The van der Waals surface area contributed by atoms with E-state index in [4.69, 9.17) is 13.9 Å². The van der Waals surface area contributed by atoms with Crippen molar-refractivity contribution < 1.29 is 13.9 Å². The van der Waals surface area contributed by atoms with Gasteiger partial charge in [0.1, 0.15) is 17.1 Å². The maximum absolute atomic E-state index is 11.5. The second-order valence-electron chi connectivity index (χ2n) is 5.06. The fourth-order valence-corrected chi connectivity index (χ4v) is 2.50. The highest BCUT2D eigenvalue weighted by Crippen LogP contribution is 2.40. The monoisotopic (exact) mass is 260 g/mol. The zero-order valence-corrected chi connectivity index (χ0v) is 11.2. The van der Waals surface area contributed by atoms with Gasteiger partial charge in [-0.2, -0.15) is 0 Å². The minimum absolute atomic E-state index is 0.144. The molecule has 0 aliphatic carbocycles. The summed E-state index contributed by atoms with van der Waals surface area (Å²) < 4.78 is 16.6. The molecule has 2 atom stereocenters. The van der Waals surface area contributed by atoms with Crippen molar-refractivity contribution in [3.05, 3.63) is 34.2 Å². The quantitative estimate of drug-likeness (QED) is 0.740. The van der Waals surface area contributed by atoms with Gasteiger partial charge in [0.2, 0.25) is 0 Å². The van der Waals surface area contributed by atoms with Crippen LogP contribution in [-0.4, -0.2) is 13.2 Å². The number of methoxy groups -OCH3 is 1. The van der Waals surface area contributed by atoms with E-state index in [1.807, 2.05) is 13.0 Å². The summed E-state index contributed by atoms with van der Waals surface area (Å²) in [4.78, 5) is 11.5. The molecule has 0 bridgehead atoms. The van der Waals surface area contributed by atoms with Crippen LogP contribution in [0.5, 0.6) is 11.5 Å². The number of rotatable bonds is 1. The van der Waals surface area contributed by atoms with Crippen LogP contribution in [0.4, 0.5) is 0 Å². The molecule has 2 heterocycles. The smallest absolute Gasteiger partial charge is 0.336 e. The van der Waals surface area contributed by atoms with Crippen molar-refractivity contribution in [1.29, 1.82) is 0 Å². The first-order chi connectivity index (χ1) is 9.10. The molecule has 100 valence electrons. The maximum Gasteiger partial charge on any atom is 0.336 e. The predicted molar refractivity (Wildman–Crippen MR) is 72.0 cm³/mol. The first kappa shape index (κ1) is 12.1. The van der Waals surface area contributed by atoms with Crippen LogP contribution in [0.2, 0.25) is 0 Å². The Morgan fingerprint density at radius 1 is 1.32 bits per heavy atom. The first-order valence-corrected chi connectivity index (χ1v) is 6.40. The average Bonchev–Trinajstić information content (AvgIpc) is 2.39. The highest BCUT2D eigenvalue weighted by molar-refractivity contribution is 5.88. The van der Waals surface area contributed by atoms with Gasteiger partial charge >= 0.3 is 5.63 Å². The lowest BCUT2D eigenvalue weighted by Gasteiger charge is -2.29. The molecule has 1 aliphatic rings. The first-order valence-electron chi connectivity index (χ1n) is 6.40. The molecule has 2 aromatic rings. The third-order valence-corrected chi connectivity index (χ3v) is 3.79. The average molecular weight is 260 g/mol. The van der Waals surface area contributed by atoms with Crippen molar-refractivity contribution in [3.8, 4) is 11.5 Å². The van der Waals surface area contributed by atoms with E-state index in [0.29, 0.717) is 17.3 Å². The molecule has 4 heteroatoms. The number of benzene rings is 1. The topological polar surface area (TPSA) is 48.7 Å². The van der Waals surface area contributed by atoms with E-state index in [0.717, 1.165) is 23.1 Å². The molecule has 1 aromatic heterocycles. The Morgan fingerprint density at radius 3 is 2.84 bits per heavy atom. The van der Waals surface area contributed by atoms with Crippen LogP contribution in [0.25, 0.3) is 11.0 Å². The Hall–Kier alpha value is -1.97. The summed E-state index contributed by atoms with van der Waals surface area (Å²) in [5.41, 5.74) is 1.19. The minimum atomic E-state index is -0.353. The van der Waals surface area contributed by atoms with E-state index in [9.17, 15) is 4.79 Å². The summed E-state index contributed by atoms with van der Waals surface area (Å²) in [5.74, 6) is 1.80. The minimum Gasteiger partial charge on any atom is -0.496 e. The van der Waals surface area contributed by atoms with Crippen LogP contribution in [0.15, 0.2) is 27.4 Å². The van der Waals surface area contributed by atoms with Crippen LogP contribution >= 0.6 is 0 Å². The zero-order valence-electron chi connectivity index (χ0n) is 11.2. The molecule has 0 saturated heterocycles. The lowest BCUT2D eigenvalue weighted by molar-refractivity contribution is 0.139. The van der Waals surface area contributed by atoms with Crippen molar-refractivity contribution in [3.63, 3.8) is 0 Å². The second kappa shape index (κ2) is 4.30. The Morgan fingerprint density at radius 2 is 2.11 bits per heavy atom. The molecule has 0 amide bonds. The van der Waals surface area contributed by atoms with Crippen molar-refractivity contribution in [2.24, 2.45) is 5.92 Å². The van der Waals surface area contributed by atoms with Crippen molar-refractivity contribution in [2.45, 2.75) is 26.4 Å². The molecule has 0 unspecified atom stereocenters. The zero-order chi connectivity index (χ0) is 13.6. The molecule has 0 spiro atoms. The van der Waals surface area contributed by atoms with Gasteiger partial charge in [0.25, 0.3) is 0 Å². The maximum atomic E-state index is 11.5. The highest BCUT2D eigenvalue weighted by Gasteiger charge is 2.27. The van der Waals surface area contributed by atoms with E-state index in [2.05, 4.69) is 6.92 Å². The fraction of sp³-hybridized carbons (Fsp3) is 0.400. The van der Waals surface area contributed by atoms with Gasteiger partial charge in [-0.1, -0.05) is 6.92 Å². The van der Waals surface area contributed by atoms with Crippen LogP contribution < -0.4 is 15.1 Å². The third kappa shape index (κ3) is 1.87. The molecule has 4 nitrogen and oxygen atoms in total. The van der Waals surface area contributed by atoms with Gasteiger partial charge in [-0.3, -0.25) is 0 Å². The van der Waals surface area contributed by atoms with Crippen LogP contribution in [0.1, 0.15) is 19.4 Å². The van der Waals surface area contributed by atoms with E-state index in [1.165, 1.54) is 6.07 Å². The fourth-order valence-electron chi connectivity index (χ4n) is 2.50. The molecule has 3 rings (SSSR count). The summed E-state index contributed by atoms with van der Waals surface area (Å²) >= 11 is 0. The summed E-state index contributed by atoms with van der Waals surface area (Å²) in [6.45, 7) is 4.18. The number of fused-ring (bicyclic) bond motifs is 3. The lowest BCUT2D eigenvalue weighted by atomic mass is 9.91. The van der Waals surface area contributed by atoms with Gasteiger partial charge in [-0.25, -0.2) is 4.79 Å². The molecular formula is C15H16O4. The molecule has 0 fully saturated rings. The summed E-state index contributed by atoms with van der Waals surface area (Å²) in [5, 5.41) is 0.811. The van der Waals surface area contributed by atoms with Gasteiger partial charge in [0.15, 0.2) is 0 Å². The molecule has 0 N–H and O–H groups in total. The van der Waals surface area contributed by atoms with Gasteiger partial charge in [0, 0.05) is 17.7 Å².